The van der Waals surface area contributed by atoms with Crippen LogP contribution in [0.3, 0.4) is 0 Å². The van der Waals surface area contributed by atoms with Gasteiger partial charge in [-0.2, -0.15) is 0 Å². The summed E-state index contributed by atoms with van der Waals surface area (Å²) in [7, 11) is 0. The molecule has 0 radical (unpaired) electrons. The summed E-state index contributed by atoms with van der Waals surface area (Å²) in [6, 6.07) is 11.3. The van der Waals surface area contributed by atoms with Crippen LogP contribution in [-0.4, -0.2) is 33.2 Å². The van der Waals surface area contributed by atoms with Gasteiger partial charge in [0.2, 0.25) is 0 Å². The van der Waals surface area contributed by atoms with Crippen molar-refractivity contribution in [2.45, 2.75) is 103 Å². The van der Waals surface area contributed by atoms with Crippen LogP contribution in [0.4, 0.5) is 5.69 Å². The van der Waals surface area contributed by atoms with Crippen LogP contribution in [0.2, 0.25) is 5.02 Å². The van der Waals surface area contributed by atoms with E-state index in [0.29, 0.717) is 22.7 Å². The fourth-order valence-corrected chi connectivity index (χ4v) is 5.60. The predicted octanol–water partition coefficient (Wildman–Crippen LogP) is 9.15. The van der Waals surface area contributed by atoms with Gasteiger partial charge in [0.25, 0.3) is 17.4 Å². The number of rotatable bonds is 18. The number of carbonyl (C=O) groups excluding carboxylic acids is 2. The van der Waals surface area contributed by atoms with Crippen molar-refractivity contribution < 1.29 is 19.6 Å². The average Bonchev–Trinajstić information content (AvgIpc) is 3.22. The van der Waals surface area contributed by atoms with E-state index < -0.39 is 22.7 Å². The molecule has 2 aromatic carbocycles. The average molecular weight is 583 g/mol. The number of nitrogens with zero attached hydrogens (tertiary/aromatic N) is 2. The Kier molecular flexibility index (Phi) is 13.3. The summed E-state index contributed by atoms with van der Waals surface area (Å²) in [6.07, 6.45) is 17.0. The maximum absolute atomic E-state index is 13.2. The highest BCUT2D eigenvalue weighted by Gasteiger charge is 2.45. The topological polar surface area (TPSA) is 101 Å². The molecule has 0 saturated carbocycles. The number of nitro groups is 1. The Morgan fingerprint density at radius 3 is 1.78 bits per heavy atom. The Bertz CT molecular complexity index is 1180. The highest BCUT2D eigenvalue weighted by molar-refractivity contribution is 6.46. The first-order chi connectivity index (χ1) is 19.8. The molecule has 0 aliphatic carbocycles. The molecule has 1 saturated heterocycles. The second-order valence-corrected chi connectivity index (χ2v) is 11.4. The van der Waals surface area contributed by atoms with E-state index in [-0.39, 0.29) is 17.0 Å². The lowest BCUT2D eigenvalue weighted by atomic mass is 9.95. The van der Waals surface area contributed by atoms with Gasteiger partial charge in [0, 0.05) is 29.3 Å². The van der Waals surface area contributed by atoms with E-state index in [4.69, 9.17) is 11.6 Å². The lowest BCUT2D eigenvalue weighted by Gasteiger charge is -2.25. The van der Waals surface area contributed by atoms with E-state index >= 15 is 0 Å². The van der Waals surface area contributed by atoms with Crippen molar-refractivity contribution in [3.05, 3.63) is 80.4 Å². The van der Waals surface area contributed by atoms with E-state index in [1.54, 1.807) is 36.4 Å². The molecule has 8 heteroatoms. The van der Waals surface area contributed by atoms with Gasteiger partial charge in [-0.25, -0.2) is 0 Å². The smallest absolute Gasteiger partial charge is 0.295 e. The standard InChI is InChI=1S/C33H43ClN2O5/c1-2-3-4-5-6-7-8-9-10-11-12-13-14-15-24-35-30(25-18-22-28(23-19-25)36(40)41)29(32(38)33(35)39)31(37)26-16-20-27(34)21-17-26/h16-23,30,37H,2-15,24H2,1H3/b31-29+. The summed E-state index contributed by atoms with van der Waals surface area (Å²) < 4.78 is 0. The molecule has 1 N–H and O–H groups in total. The van der Waals surface area contributed by atoms with Crippen molar-refractivity contribution in [1.82, 2.24) is 4.90 Å². The van der Waals surface area contributed by atoms with Crippen LogP contribution in [0.25, 0.3) is 5.76 Å². The van der Waals surface area contributed by atoms with Gasteiger partial charge in [-0.15, -0.1) is 0 Å². The number of amides is 1. The van der Waals surface area contributed by atoms with Crippen LogP contribution >= 0.6 is 11.6 Å². The van der Waals surface area contributed by atoms with Crippen molar-refractivity contribution in [3.8, 4) is 0 Å². The zero-order chi connectivity index (χ0) is 29.6. The van der Waals surface area contributed by atoms with Crippen molar-refractivity contribution in [1.29, 1.82) is 0 Å². The van der Waals surface area contributed by atoms with Crippen LogP contribution in [0, 0.1) is 10.1 Å². The number of aliphatic hydroxyl groups excluding tert-OH is 1. The van der Waals surface area contributed by atoms with E-state index in [0.717, 1.165) is 25.7 Å². The number of carbonyl (C=O) groups is 2. The van der Waals surface area contributed by atoms with Gasteiger partial charge >= 0.3 is 0 Å². The number of unbranched alkanes of at least 4 members (excludes halogenated alkanes) is 13. The highest BCUT2D eigenvalue weighted by atomic mass is 35.5. The first-order valence-corrected chi connectivity index (χ1v) is 15.5. The number of halogens is 1. The van der Waals surface area contributed by atoms with Crippen molar-refractivity contribution >= 4 is 34.7 Å². The summed E-state index contributed by atoms with van der Waals surface area (Å²) in [4.78, 5) is 38.5. The predicted molar refractivity (Wildman–Crippen MR) is 164 cm³/mol. The van der Waals surface area contributed by atoms with Crippen LogP contribution in [0.5, 0.6) is 0 Å². The molecule has 0 bridgehead atoms. The maximum atomic E-state index is 13.2. The first kappa shape index (κ1) is 32.3. The van der Waals surface area contributed by atoms with Crippen LogP contribution in [0.1, 0.15) is 114 Å². The SMILES string of the molecule is CCCCCCCCCCCCCCCCN1C(=O)C(=O)/C(=C(/O)c2ccc(Cl)cc2)C1c1ccc([N+](=O)[O-])cc1. The van der Waals surface area contributed by atoms with Gasteiger partial charge in [-0.3, -0.25) is 19.7 Å². The summed E-state index contributed by atoms with van der Waals surface area (Å²) >= 11 is 5.98. The molecule has 1 aliphatic heterocycles. The molecule has 0 aromatic heterocycles. The molecule has 1 aliphatic rings. The van der Waals surface area contributed by atoms with Gasteiger partial charge in [0.1, 0.15) is 5.76 Å². The number of benzene rings is 2. The number of hydrogen-bond acceptors (Lipinski definition) is 5. The van der Waals surface area contributed by atoms with Gasteiger partial charge in [0.15, 0.2) is 0 Å². The normalized spacial score (nSPS) is 16.4. The van der Waals surface area contributed by atoms with E-state index in [1.807, 2.05) is 0 Å². The Morgan fingerprint density at radius 1 is 0.805 bits per heavy atom. The molecule has 3 rings (SSSR count). The monoisotopic (exact) mass is 582 g/mol. The van der Waals surface area contributed by atoms with Crippen molar-refractivity contribution in [3.63, 3.8) is 0 Å². The van der Waals surface area contributed by atoms with Gasteiger partial charge in [-0.05, 0) is 48.4 Å². The van der Waals surface area contributed by atoms with Crippen molar-refractivity contribution in [2.24, 2.45) is 0 Å². The molecule has 0 spiro atoms. The van der Waals surface area contributed by atoms with Gasteiger partial charge in [-0.1, -0.05) is 102 Å². The fraction of sp³-hybridized carbons (Fsp3) is 0.515. The number of likely N-dealkylation sites (tertiary alicyclic amines) is 1. The third-order valence-corrected chi connectivity index (χ3v) is 8.08. The van der Waals surface area contributed by atoms with E-state index in [9.17, 15) is 24.8 Å². The minimum Gasteiger partial charge on any atom is -0.507 e. The minimum atomic E-state index is -0.826. The molecule has 7 nitrogen and oxygen atoms in total. The molecule has 1 heterocycles. The number of Topliss-reactive ketones (excluding diaryl/α,β-unsaturated/α-hetero) is 1. The minimum absolute atomic E-state index is 0.0171. The zero-order valence-electron chi connectivity index (χ0n) is 24.2. The molecule has 1 amide bonds. The zero-order valence-corrected chi connectivity index (χ0v) is 24.9. The summed E-state index contributed by atoms with van der Waals surface area (Å²) in [5, 5.41) is 22.8. The Morgan fingerprint density at radius 2 is 1.29 bits per heavy atom. The Labute approximate surface area is 248 Å². The largest absolute Gasteiger partial charge is 0.507 e. The number of aliphatic hydroxyl groups is 1. The lowest BCUT2D eigenvalue weighted by molar-refractivity contribution is -0.384. The van der Waals surface area contributed by atoms with Crippen molar-refractivity contribution in [2.75, 3.05) is 6.54 Å². The maximum Gasteiger partial charge on any atom is 0.295 e. The molecule has 2 aromatic rings. The molecule has 222 valence electrons. The summed E-state index contributed by atoms with van der Waals surface area (Å²) in [6.45, 7) is 2.61. The van der Waals surface area contributed by atoms with Crippen LogP contribution in [-0.2, 0) is 9.59 Å². The fourth-order valence-electron chi connectivity index (χ4n) is 5.48. The first-order valence-electron chi connectivity index (χ1n) is 15.1. The molecule has 1 fully saturated rings. The molecular formula is C33H43ClN2O5. The lowest BCUT2D eigenvalue weighted by Crippen LogP contribution is -2.30. The summed E-state index contributed by atoms with van der Waals surface area (Å²) in [5.41, 5.74) is 0.804. The second kappa shape index (κ2) is 16.9. The quantitative estimate of drug-likeness (QED) is 0.0471. The van der Waals surface area contributed by atoms with Gasteiger partial charge < -0.3 is 10.0 Å². The number of ketones is 1. The van der Waals surface area contributed by atoms with Crippen LogP contribution < -0.4 is 0 Å². The van der Waals surface area contributed by atoms with Gasteiger partial charge in [0.05, 0.1) is 16.5 Å². The number of hydrogen-bond donors (Lipinski definition) is 1. The third-order valence-electron chi connectivity index (χ3n) is 7.83. The van der Waals surface area contributed by atoms with E-state index in [2.05, 4.69) is 6.92 Å². The molecular weight excluding hydrogens is 540 g/mol. The number of nitro benzene ring substituents is 1. The Hall–Kier alpha value is -3.19. The number of non-ortho nitro benzene ring substituents is 1. The molecule has 1 atom stereocenters. The third kappa shape index (κ3) is 9.42. The Balaban J connectivity index is 1.58. The van der Waals surface area contributed by atoms with Crippen LogP contribution in [0.15, 0.2) is 54.1 Å². The summed E-state index contributed by atoms with van der Waals surface area (Å²) in [5.74, 6) is -1.71. The second-order valence-electron chi connectivity index (χ2n) is 10.9. The molecule has 41 heavy (non-hydrogen) atoms. The molecule has 1 unspecified atom stereocenters. The highest BCUT2D eigenvalue weighted by Crippen LogP contribution is 2.40. The van der Waals surface area contributed by atoms with E-state index in [1.165, 1.54) is 81.2 Å².